The molecule has 0 saturated carbocycles. The smallest absolute Gasteiger partial charge is 0.0734 e. The molecule has 0 spiro atoms. The normalized spacial score (nSPS) is 27.5. The highest BCUT2D eigenvalue weighted by molar-refractivity contribution is 7.92. The molecule has 1 nitrogen and oxygen atoms in total. The number of hydrogen-bond donors (Lipinski definition) is 0. The van der Waals surface area contributed by atoms with E-state index in [-0.39, 0.29) is 0 Å². The molecule has 0 radical (unpaired) electrons. The largest absolute Gasteiger partial charge is 0.250 e. The Morgan fingerprint density at radius 3 is 2.25 bits per heavy atom. The van der Waals surface area contributed by atoms with E-state index < -0.39 is 10.8 Å². The van der Waals surface area contributed by atoms with Crippen LogP contribution in [0, 0.1) is 0 Å². The lowest BCUT2D eigenvalue weighted by Crippen LogP contribution is -1.79. The van der Waals surface area contributed by atoms with Gasteiger partial charge in [0, 0.05) is 10.3 Å². The lowest BCUT2D eigenvalue weighted by Gasteiger charge is -1.87. The maximum atomic E-state index is 10.8. The predicted octanol–water partition coefficient (Wildman–Crippen LogP) is 1.56. The van der Waals surface area contributed by atoms with E-state index in [0.29, 0.717) is 0 Å². The van der Waals surface area contributed by atoms with Gasteiger partial charge in [0.2, 0.25) is 0 Å². The van der Waals surface area contributed by atoms with E-state index in [1.165, 1.54) is 0 Å². The summed E-state index contributed by atoms with van der Waals surface area (Å²) in [6, 6.07) is 0. The summed E-state index contributed by atoms with van der Waals surface area (Å²) in [7, 11) is -0.799. The third-order valence-electron chi connectivity index (χ3n) is 1.30. The van der Waals surface area contributed by atoms with Crippen molar-refractivity contribution in [2.24, 2.45) is 0 Å². The maximum absolute atomic E-state index is 10.8. The van der Waals surface area contributed by atoms with Crippen LogP contribution in [0.4, 0.5) is 0 Å². The summed E-state index contributed by atoms with van der Waals surface area (Å²) in [6.07, 6.45) is 1.89. The minimum absolute atomic E-state index is 0.799. The van der Waals surface area contributed by atoms with Crippen LogP contribution < -0.4 is 0 Å². The Morgan fingerprint density at radius 2 is 2.12 bits per heavy atom. The zero-order chi connectivity index (χ0) is 6.15. The quantitative estimate of drug-likeness (QED) is 0.484. The molecule has 1 heterocycles. The first-order chi connectivity index (χ1) is 3.72. The molecule has 0 aliphatic carbocycles. The van der Waals surface area contributed by atoms with Gasteiger partial charge in [0.1, 0.15) is 0 Å². The molecule has 1 rings (SSSR count). The summed E-state index contributed by atoms with van der Waals surface area (Å²) in [5, 5.41) is 1.71. The van der Waals surface area contributed by atoms with E-state index in [9.17, 15) is 4.21 Å². The van der Waals surface area contributed by atoms with E-state index in [0.717, 1.165) is 10.5 Å². The molecule has 0 aromatic heterocycles. The molecule has 0 fully saturated rings. The number of allylic oxidation sites excluding steroid dienone is 3. The summed E-state index contributed by atoms with van der Waals surface area (Å²) in [6.45, 7) is 3.86. The predicted molar refractivity (Wildman–Crippen MR) is 35.7 cm³/mol. The van der Waals surface area contributed by atoms with Crippen molar-refractivity contribution in [3.63, 3.8) is 0 Å². The van der Waals surface area contributed by atoms with Crippen LogP contribution in [0.1, 0.15) is 13.8 Å². The maximum Gasteiger partial charge on any atom is 0.0734 e. The van der Waals surface area contributed by atoms with Crippen molar-refractivity contribution in [2.75, 3.05) is 0 Å². The van der Waals surface area contributed by atoms with Crippen molar-refractivity contribution in [3.8, 4) is 0 Å². The molecule has 0 aromatic rings. The molecule has 0 amide bonds. The van der Waals surface area contributed by atoms with Crippen LogP contribution in [0.25, 0.3) is 0 Å². The molecule has 0 bridgehead atoms. The Bertz CT molecular complexity index is 185. The van der Waals surface area contributed by atoms with Crippen LogP contribution in [-0.4, -0.2) is 4.21 Å². The Morgan fingerprint density at radius 1 is 1.50 bits per heavy atom. The minimum Gasteiger partial charge on any atom is -0.250 e. The lowest BCUT2D eigenvalue weighted by atomic mass is 10.3. The van der Waals surface area contributed by atoms with E-state index in [1.54, 1.807) is 5.41 Å². The van der Waals surface area contributed by atoms with E-state index in [2.05, 4.69) is 0 Å². The van der Waals surface area contributed by atoms with Gasteiger partial charge < -0.3 is 0 Å². The molecular weight excluding hydrogens is 120 g/mol. The summed E-state index contributed by atoms with van der Waals surface area (Å²) < 4.78 is 10.8. The highest BCUT2D eigenvalue weighted by Crippen LogP contribution is 2.17. The zero-order valence-corrected chi connectivity index (χ0v) is 5.79. The van der Waals surface area contributed by atoms with Gasteiger partial charge in [0.25, 0.3) is 0 Å². The molecule has 1 aliphatic heterocycles. The van der Waals surface area contributed by atoms with Crippen LogP contribution >= 0.6 is 0 Å². The molecule has 0 aromatic carbocycles. The van der Waals surface area contributed by atoms with Crippen molar-refractivity contribution >= 4 is 10.8 Å². The average molecular weight is 128 g/mol. The Labute approximate surface area is 51.6 Å². The first kappa shape index (κ1) is 5.76. The van der Waals surface area contributed by atoms with Crippen molar-refractivity contribution < 1.29 is 4.21 Å². The van der Waals surface area contributed by atoms with E-state index in [1.807, 2.05) is 19.9 Å². The Kier molecular flexibility index (Phi) is 1.34. The minimum atomic E-state index is -0.799. The lowest BCUT2D eigenvalue weighted by molar-refractivity contribution is 0.692. The topological polar surface area (TPSA) is 17.1 Å². The highest BCUT2D eigenvalue weighted by Gasteiger charge is 2.05. The monoisotopic (exact) mass is 128 g/mol. The molecule has 0 N–H and O–H groups in total. The van der Waals surface area contributed by atoms with Gasteiger partial charge in [-0.3, -0.25) is 4.21 Å². The third kappa shape index (κ3) is 0.757. The second-order valence-electron chi connectivity index (χ2n) is 1.84. The van der Waals surface area contributed by atoms with Gasteiger partial charge in [0.05, 0.1) is 10.8 Å². The zero-order valence-electron chi connectivity index (χ0n) is 4.97. The Balaban J connectivity index is 3.02. The molecule has 1 atom stereocenters. The first-order valence-corrected chi connectivity index (χ1v) is 3.69. The van der Waals surface area contributed by atoms with Crippen LogP contribution in [0.15, 0.2) is 22.0 Å². The second kappa shape index (κ2) is 1.86. The summed E-state index contributed by atoms with van der Waals surface area (Å²) in [5.74, 6) is 0. The number of rotatable bonds is 0. The molecule has 2 heteroatoms. The van der Waals surface area contributed by atoms with Gasteiger partial charge in [0.15, 0.2) is 0 Å². The van der Waals surface area contributed by atoms with Crippen molar-refractivity contribution in [2.45, 2.75) is 13.8 Å². The SMILES string of the molecule is CC1=C(C)S(=O)C=C1. The van der Waals surface area contributed by atoms with Gasteiger partial charge >= 0.3 is 0 Å². The molecule has 0 saturated heterocycles. The highest BCUT2D eigenvalue weighted by atomic mass is 32.2. The van der Waals surface area contributed by atoms with Crippen molar-refractivity contribution in [3.05, 3.63) is 22.0 Å². The fourth-order valence-electron chi connectivity index (χ4n) is 0.542. The van der Waals surface area contributed by atoms with Gasteiger partial charge in [-0.1, -0.05) is 0 Å². The molecule has 1 aliphatic rings. The van der Waals surface area contributed by atoms with Crippen molar-refractivity contribution in [1.29, 1.82) is 0 Å². The third-order valence-corrected chi connectivity index (χ3v) is 2.61. The van der Waals surface area contributed by atoms with Gasteiger partial charge in [-0.15, -0.1) is 0 Å². The fourth-order valence-corrected chi connectivity index (χ4v) is 1.46. The van der Waals surface area contributed by atoms with E-state index in [4.69, 9.17) is 0 Å². The van der Waals surface area contributed by atoms with Gasteiger partial charge in [-0.05, 0) is 25.5 Å². The first-order valence-electron chi connectivity index (χ1n) is 2.48. The van der Waals surface area contributed by atoms with Crippen LogP contribution in [0.5, 0.6) is 0 Å². The molecule has 8 heavy (non-hydrogen) atoms. The second-order valence-corrected chi connectivity index (χ2v) is 3.32. The van der Waals surface area contributed by atoms with Gasteiger partial charge in [-0.25, -0.2) is 0 Å². The summed E-state index contributed by atoms with van der Waals surface area (Å²) in [4.78, 5) is 0.991. The van der Waals surface area contributed by atoms with Crippen LogP contribution in [0.3, 0.4) is 0 Å². The standard InChI is InChI=1S/C6H8OS/c1-5-3-4-8(7)6(5)2/h3-4H,1-2H3. The fraction of sp³-hybridized carbons (Fsp3) is 0.333. The molecule has 44 valence electrons. The van der Waals surface area contributed by atoms with Crippen molar-refractivity contribution in [1.82, 2.24) is 0 Å². The molecule has 1 unspecified atom stereocenters. The summed E-state index contributed by atoms with van der Waals surface area (Å²) >= 11 is 0. The molecular formula is C6H8OS. The summed E-state index contributed by atoms with van der Waals surface area (Å²) in [5.41, 5.74) is 1.14. The van der Waals surface area contributed by atoms with Crippen LogP contribution in [-0.2, 0) is 10.8 Å². The van der Waals surface area contributed by atoms with Crippen LogP contribution in [0.2, 0.25) is 0 Å². The Hall–Kier alpha value is -0.370. The van der Waals surface area contributed by atoms with Gasteiger partial charge in [-0.2, -0.15) is 0 Å². The number of hydrogen-bond acceptors (Lipinski definition) is 1. The average Bonchev–Trinajstić information content (AvgIpc) is 1.98. The van der Waals surface area contributed by atoms with E-state index >= 15 is 0 Å².